The fourth-order valence-corrected chi connectivity index (χ4v) is 2.16. The Labute approximate surface area is 131 Å². The fourth-order valence-electron chi connectivity index (χ4n) is 2.16. The van der Waals surface area contributed by atoms with E-state index in [0.717, 1.165) is 0 Å². The van der Waals surface area contributed by atoms with Gasteiger partial charge in [0.1, 0.15) is 48.8 Å². The van der Waals surface area contributed by atoms with Gasteiger partial charge in [-0.15, -0.1) is 0 Å². The van der Waals surface area contributed by atoms with Crippen LogP contribution < -0.4 is 0 Å². The predicted octanol–water partition coefficient (Wildman–Crippen LogP) is -5.76. The van der Waals surface area contributed by atoms with Gasteiger partial charge in [-0.3, -0.25) is 0 Å². The molecule has 0 aliphatic carbocycles. The Morgan fingerprint density at radius 1 is 0.826 bits per heavy atom. The first-order valence-electron chi connectivity index (χ1n) is 7.00. The SMILES string of the molecule is OC[C@@H](O)[C@@H](O)[C@@H](O[C@@H]1O[C@H](CO)[C@H](O)[C@H](O)[C@H]1O)[C@H](O)CO. The average Bonchev–Trinajstić information content (AvgIpc) is 2.57. The molecular weight excluding hydrogens is 320 g/mol. The van der Waals surface area contributed by atoms with E-state index in [1.165, 1.54) is 0 Å². The Hall–Kier alpha value is -0.440. The highest BCUT2D eigenvalue weighted by atomic mass is 16.7. The van der Waals surface area contributed by atoms with E-state index in [9.17, 15) is 30.6 Å². The van der Waals surface area contributed by atoms with Gasteiger partial charge in [-0.2, -0.15) is 0 Å². The zero-order valence-electron chi connectivity index (χ0n) is 12.2. The molecule has 1 heterocycles. The first kappa shape index (κ1) is 20.6. The molecule has 1 saturated heterocycles. The van der Waals surface area contributed by atoms with Crippen LogP contribution in [0.5, 0.6) is 0 Å². The molecule has 1 aliphatic heterocycles. The third-order valence-electron chi connectivity index (χ3n) is 3.62. The fraction of sp³-hybridized carbons (Fsp3) is 1.00. The molecule has 138 valence electrons. The summed E-state index contributed by atoms with van der Waals surface area (Å²) in [6.07, 6.45) is -15.1. The van der Waals surface area contributed by atoms with E-state index in [4.69, 9.17) is 24.8 Å². The van der Waals surface area contributed by atoms with Gasteiger partial charge in [0.15, 0.2) is 6.29 Å². The summed E-state index contributed by atoms with van der Waals surface area (Å²) in [5, 5.41) is 84.9. The number of rotatable bonds is 8. The Morgan fingerprint density at radius 2 is 1.39 bits per heavy atom. The lowest BCUT2D eigenvalue weighted by Crippen LogP contribution is -2.61. The molecular formula is C12H24O11. The summed E-state index contributed by atoms with van der Waals surface area (Å²) in [4.78, 5) is 0. The highest BCUT2D eigenvalue weighted by Gasteiger charge is 2.46. The summed E-state index contributed by atoms with van der Waals surface area (Å²) in [6, 6.07) is 0. The molecule has 1 aliphatic rings. The van der Waals surface area contributed by atoms with Crippen molar-refractivity contribution < 1.29 is 55.4 Å². The van der Waals surface area contributed by atoms with Crippen LogP contribution in [0.3, 0.4) is 0 Å². The number of ether oxygens (including phenoxy) is 2. The summed E-state index contributed by atoms with van der Waals surface area (Å²) >= 11 is 0. The predicted molar refractivity (Wildman–Crippen MR) is 70.8 cm³/mol. The Bertz CT molecular complexity index is 341. The van der Waals surface area contributed by atoms with E-state index in [1.54, 1.807) is 0 Å². The Balaban J connectivity index is 2.89. The molecule has 11 nitrogen and oxygen atoms in total. The van der Waals surface area contributed by atoms with Crippen molar-refractivity contribution in [2.24, 2.45) is 0 Å². The van der Waals surface area contributed by atoms with Gasteiger partial charge in [-0.25, -0.2) is 0 Å². The minimum atomic E-state index is -1.85. The van der Waals surface area contributed by atoms with E-state index in [-0.39, 0.29) is 0 Å². The molecule has 9 atom stereocenters. The quantitative estimate of drug-likeness (QED) is 0.203. The summed E-state index contributed by atoms with van der Waals surface area (Å²) in [5.41, 5.74) is 0. The van der Waals surface area contributed by atoms with Crippen LogP contribution in [0.2, 0.25) is 0 Å². The molecule has 0 amide bonds. The lowest BCUT2D eigenvalue weighted by Gasteiger charge is -2.42. The van der Waals surface area contributed by atoms with Gasteiger partial charge in [-0.1, -0.05) is 0 Å². The average molecular weight is 344 g/mol. The molecule has 11 heteroatoms. The van der Waals surface area contributed by atoms with Crippen LogP contribution in [-0.2, 0) is 9.47 Å². The molecule has 1 rings (SSSR count). The van der Waals surface area contributed by atoms with Crippen LogP contribution in [0.4, 0.5) is 0 Å². The summed E-state index contributed by atoms with van der Waals surface area (Å²) in [5.74, 6) is 0. The molecule has 0 radical (unpaired) electrons. The van der Waals surface area contributed by atoms with Gasteiger partial charge < -0.3 is 55.4 Å². The molecule has 9 N–H and O–H groups in total. The zero-order chi connectivity index (χ0) is 17.7. The Morgan fingerprint density at radius 3 is 1.87 bits per heavy atom. The second-order valence-electron chi connectivity index (χ2n) is 5.29. The largest absolute Gasteiger partial charge is 0.394 e. The van der Waals surface area contributed by atoms with Gasteiger partial charge in [0.25, 0.3) is 0 Å². The first-order valence-corrected chi connectivity index (χ1v) is 7.00. The lowest BCUT2D eigenvalue weighted by atomic mass is 9.98. The monoisotopic (exact) mass is 344 g/mol. The summed E-state index contributed by atoms with van der Waals surface area (Å²) in [7, 11) is 0. The second kappa shape index (κ2) is 9.15. The summed E-state index contributed by atoms with van der Waals surface area (Å²) < 4.78 is 10.1. The van der Waals surface area contributed by atoms with Crippen LogP contribution in [0.25, 0.3) is 0 Å². The van der Waals surface area contributed by atoms with Crippen molar-refractivity contribution in [1.82, 2.24) is 0 Å². The van der Waals surface area contributed by atoms with E-state index in [1.807, 2.05) is 0 Å². The molecule has 1 fully saturated rings. The van der Waals surface area contributed by atoms with E-state index in [0.29, 0.717) is 0 Å². The van der Waals surface area contributed by atoms with Crippen molar-refractivity contribution in [3.63, 3.8) is 0 Å². The molecule has 0 aromatic carbocycles. The van der Waals surface area contributed by atoms with E-state index < -0.39 is 74.9 Å². The molecule has 0 aromatic heterocycles. The summed E-state index contributed by atoms with van der Waals surface area (Å²) in [6.45, 7) is -2.45. The Kier molecular flexibility index (Phi) is 8.20. The topological polar surface area (TPSA) is 201 Å². The van der Waals surface area contributed by atoms with Gasteiger partial charge >= 0.3 is 0 Å². The van der Waals surface area contributed by atoms with Crippen LogP contribution in [0.1, 0.15) is 0 Å². The number of aliphatic hydroxyl groups is 9. The van der Waals surface area contributed by atoms with E-state index in [2.05, 4.69) is 0 Å². The van der Waals surface area contributed by atoms with Crippen molar-refractivity contribution in [3.8, 4) is 0 Å². The van der Waals surface area contributed by atoms with Crippen LogP contribution in [0.15, 0.2) is 0 Å². The molecule has 0 spiro atoms. The van der Waals surface area contributed by atoms with Crippen molar-refractivity contribution >= 4 is 0 Å². The van der Waals surface area contributed by atoms with Gasteiger partial charge in [0.2, 0.25) is 0 Å². The van der Waals surface area contributed by atoms with Gasteiger partial charge in [-0.05, 0) is 0 Å². The first-order chi connectivity index (χ1) is 10.8. The van der Waals surface area contributed by atoms with Crippen molar-refractivity contribution in [2.45, 2.75) is 55.1 Å². The van der Waals surface area contributed by atoms with Crippen molar-refractivity contribution in [3.05, 3.63) is 0 Å². The number of hydrogen-bond donors (Lipinski definition) is 9. The number of hydrogen-bond acceptors (Lipinski definition) is 11. The van der Waals surface area contributed by atoms with Crippen LogP contribution >= 0.6 is 0 Å². The maximum Gasteiger partial charge on any atom is 0.187 e. The van der Waals surface area contributed by atoms with Crippen LogP contribution in [0, 0.1) is 0 Å². The smallest absolute Gasteiger partial charge is 0.187 e. The van der Waals surface area contributed by atoms with Gasteiger partial charge in [0, 0.05) is 0 Å². The molecule has 0 unspecified atom stereocenters. The van der Waals surface area contributed by atoms with E-state index >= 15 is 0 Å². The maximum absolute atomic E-state index is 9.83. The molecule has 0 saturated carbocycles. The molecule has 0 aromatic rings. The second-order valence-corrected chi connectivity index (χ2v) is 5.29. The standard InChI is InChI=1S/C12H24O11/c13-1-4(16)7(18)11(5(17)2-14)23-12-10(21)9(20)8(19)6(3-15)22-12/h4-21H,1-3H2/t4-,5-,6-,7-,8+,9+,10-,11+,12+/m1/s1. The minimum Gasteiger partial charge on any atom is -0.394 e. The molecule has 0 bridgehead atoms. The lowest BCUT2D eigenvalue weighted by molar-refractivity contribution is -0.327. The number of aliphatic hydroxyl groups excluding tert-OH is 9. The highest BCUT2D eigenvalue weighted by molar-refractivity contribution is 4.91. The van der Waals surface area contributed by atoms with Crippen molar-refractivity contribution in [2.75, 3.05) is 19.8 Å². The third-order valence-corrected chi connectivity index (χ3v) is 3.62. The normalized spacial score (nSPS) is 37.2. The highest BCUT2D eigenvalue weighted by Crippen LogP contribution is 2.24. The van der Waals surface area contributed by atoms with Gasteiger partial charge in [0.05, 0.1) is 19.8 Å². The third kappa shape index (κ3) is 4.78. The van der Waals surface area contributed by atoms with Crippen molar-refractivity contribution in [1.29, 1.82) is 0 Å². The minimum absolute atomic E-state index is 0.708. The zero-order valence-corrected chi connectivity index (χ0v) is 12.2. The maximum atomic E-state index is 9.83. The molecule has 23 heavy (non-hydrogen) atoms. The van der Waals surface area contributed by atoms with Crippen LogP contribution in [-0.4, -0.2) is 121 Å².